The fraction of sp³-hybridized carbons (Fsp3) is 0.350. The van der Waals surface area contributed by atoms with Crippen LogP contribution in [0.3, 0.4) is 0 Å². The van der Waals surface area contributed by atoms with E-state index in [9.17, 15) is 4.79 Å². The number of hydrogen-bond donors (Lipinski definition) is 2. The molecule has 2 aromatic rings. The van der Waals surface area contributed by atoms with Crippen molar-refractivity contribution in [1.29, 1.82) is 0 Å². The molecule has 2 aromatic carbocycles. The van der Waals surface area contributed by atoms with Gasteiger partial charge in [0.15, 0.2) is 11.5 Å². The van der Waals surface area contributed by atoms with E-state index in [2.05, 4.69) is 5.32 Å². The molecule has 4 rings (SSSR count). The molecule has 0 radical (unpaired) electrons. The number of fused-ring (bicyclic) bond motifs is 2. The summed E-state index contributed by atoms with van der Waals surface area (Å²) in [6.07, 6.45) is 1.95. The van der Waals surface area contributed by atoms with Crippen LogP contribution in [0.2, 0.25) is 0 Å². The molecule has 1 aliphatic carbocycles. The molecule has 138 valence electrons. The Bertz CT molecular complexity index is 811. The molecule has 6 heteroatoms. The molecule has 2 aliphatic rings. The van der Waals surface area contributed by atoms with Crippen LogP contribution < -0.4 is 20.5 Å². The Morgan fingerprint density at radius 1 is 1.15 bits per heavy atom. The van der Waals surface area contributed by atoms with E-state index in [0.717, 1.165) is 30.5 Å². The van der Waals surface area contributed by atoms with Crippen LogP contribution in [-0.2, 0) is 11.2 Å². The second-order valence-electron chi connectivity index (χ2n) is 6.72. The van der Waals surface area contributed by atoms with Gasteiger partial charge >= 0.3 is 0 Å². The minimum atomic E-state index is -0.658. The maximum Gasteiger partial charge on any atom is 0.265 e. The average molecular weight is 375 g/mol. The summed E-state index contributed by atoms with van der Waals surface area (Å²) in [4.78, 5) is 12.8. The standard InChI is InChI=1S/C20H22N2O3.ClH/c1-12-19(25-18-8-3-2-7-17(18)24-12)20(23)22-16-6-4-5-13-11-14(21)9-10-15(13)16;/h2-3,7-12,16,19H,4-6,21H2,1H3,(H,22,23);1H. The van der Waals surface area contributed by atoms with E-state index in [1.54, 1.807) is 0 Å². The van der Waals surface area contributed by atoms with Crippen LogP contribution in [0.15, 0.2) is 42.5 Å². The molecule has 0 bridgehead atoms. The summed E-state index contributed by atoms with van der Waals surface area (Å²) in [5, 5.41) is 3.14. The maximum absolute atomic E-state index is 12.8. The van der Waals surface area contributed by atoms with Crippen molar-refractivity contribution < 1.29 is 14.3 Å². The van der Waals surface area contributed by atoms with Gasteiger partial charge in [-0.2, -0.15) is 0 Å². The van der Waals surface area contributed by atoms with Crippen LogP contribution in [0.1, 0.15) is 36.9 Å². The van der Waals surface area contributed by atoms with Crippen molar-refractivity contribution >= 4 is 24.0 Å². The topological polar surface area (TPSA) is 73.6 Å². The molecule has 1 heterocycles. The zero-order chi connectivity index (χ0) is 17.4. The third-order valence-corrected chi connectivity index (χ3v) is 4.90. The van der Waals surface area contributed by atoms with E-state index in [0.29, 0.717) is 11.5 Å². The minimum absolute atomic E-state index is 0. The van der Waals surface area contributed by atoms with Crippen LogP contribution in [0.5, 0.6) is 11.5 Å². The Labute approximate surface area is 159 Å². The molecule has 3 atom stereocenters. The predicted octanol–water partition coefficient (Wildman–Crippen LogP) is 3.41. The van der Waals surface area contributed by atoms with Gasteiger partial charge in [-0.3, -0.25) is 4.79 Å². The lowest BCUT2D eigenvalue weighted by molar-refractivity contribution is -0.134. The van der Waals surface area contributed by atoms with Gasteiger partial charge in [-0.25, -0.2) is 0 Å². The van der Waals surface area contributed by atoms with Gasteiger partial charge in [0.25, 0.3) is 5.91 Å². The number of ether oxygens (including phenoxy) is 2. The highest BCUT2D eigenvalue weighted by Crippen LogP contribution is 2.35. The van der Waals surface area contributed by atoms with Crippen molar-refractivity contribution in [3.8, 4) is 11.5 Å². The summed E-state index contributed by atoms with van der Waals surface area (Å²) in [6, 6.07) is 13.3. The Hall–Kier alpha value is -2.40. The van der Waals surface area contributed by atoms with Crippen molar-refractivity contribution in [2.45, 2.75) is 44.4 Å². The summed E-state index contributed by atoms with van der Waals surface area (Å²) in [5.74, 6) is 1.15. The van der Waals surface area contributed by atoms with Gasteiger partial charge in [0, 0.05) is 5.69 Å². The normalized spacial score (nSPS) is 23.3. The molecule has 3 unspecified atom stereocenters. The maximum atomic E-state index is 12.8. The van der Waals surface area contributed by atoms with Gasteiger partial charge in [0.2, 0.25) is 6.10 Å². The molecule has 1 amide bonds. The first-order valence-electron chi connectivity index (χ1n) is 8.73. The van der Waals surface area contributed by atoms with Crippen molar-refractivity contribution in [3.05, 3.63) is 53.6 Å². The van der Waals surface area contributed by atoms with Gasteiger partial charge in [0.05, 0.1) is 6.04 Å². The lowest BCUT2D eigenvalue weighted by atomic mass is 9.87. The van der Waals surface area contributed by atoms with E-state index >= 15 is 0 Å². The molecule has 0 fully saturated rings. The number of carbonyl (C=O) groups excluding carboxylic acids is 1. The average Bonchev–Trinajstić information content (AvgIpc) is 2.61. The van der Waals surface area contributed by atoms with Crippen molar-refractivity contribution in [2.75, 3.05) is 5.73 Å². The molecule has 0 saturated carbocycles. The van der Waals surface area contributed by atoms with Crippen LogP contribution in [0.4, 0.5) is 5.69 Å². The molecule has 0 spiro atoms. The third-order valence-electron chi connectivity index (χ3n) is 4.90. The van der Waals surface area contributed by atoms with Gasteiger partial charge in [-0.15, -0.1) is 12.4 Å². The summed E-state index contributed by atoms with van der Waals surface area (Å²) in [5.41, 5.74) is 9.02. The quantitative estimate of drug-likeness (QED) is 0.790. The highest BCUT2D eigenvalue weighted by Gasteiger charge is 2.35. The Morgan fingerprint density at radius 2 is 1.88 bits per heavy atom. The summed E-state index contributed by atoms with van der Waals surface area (Å²) in [6.45, 7) is 1.86. The first kappa shape index (κ1) is 18.4. The number of aryl methyl sites for hydroxylation is 1. The van der Waals surface area contributed by atoms with Crippen molar-refractivity contribution in [1.82, 2.24) is 5.32 Å². The van der Waals surface area contributed by atoms with E-state index in [1.165, 1.54) is 5.56 Å². The van der Waals surface area contributed by atoms with Crippen LogP contribution >= 0.6 is 12.4 Å². The first-order valence-corrected chi connectivity index (χ1v) is 8.73. The number of benzene rings is 2. The van der Waals surface area contributed by atoms with E-state index < -0.39 is 6.10 Å². The highest BCUT2D eigenvalue weighted by atomic mass is 35.5. The summed E-state index contributed by atoms with van der Waals surface area (Å²) >= 11 is 0. The summed E-state index contributed by atoms with van der Waals surface area (Å²) < 4.78 is 11.7. The number of para-hydroxylation sites is 2. The molecule has 0 saturated heterocycles. The zero-order valence-electron chi connectivity index (χ0n) is 14.6. The molecule has 5 nitrogen and oxygen atoms in total. The van der Waals surface area contributed by atoms with Gasteiger partial charge < -0.3 is 20.5 Å². The Morgan fingerprint density at radius 3 is 2.65 bits per heavy atom. The lowest BCUT2D eigenvalue weighted by Crippen LogP contribution is -2.50. The van der Waals surface area contributed by atoms with Crippen LogP contribution in [0, 0.1) is 0 Å². The number of amides is 1. The van der Waals surface area contributed by atoms with Gasteiger partial charge in [-0.05, 0) is 61.6 Å². The molecule has 0 aromatic heterocycles. The van der Waals surface area contributed by atoms with Crippen molar-refractivity contribution in [3.63, 3.8) is 0 Å². The number of carbonyl (C=O) groups is 1. The number of rotatable bonds is 2. The van der Waals surface area contributed by atoms with Crippen LogP contribution in [-0.4, -0.2) is 18.1 Å². The second-order valence-corrected chi connectivity index (χ2v) is 6.72. The van der Waals surface area contributed by atoms with Gasteiger partial charge in [-0.1, -0.05) is 18.2 Å². The molecule has 26 heavy (non-hydrogen) atoms. The van der Waals surface area contributed by atoms with E-state index in [4.69, 9.17) is 15.2 Å². The lowest BCUT2D eigenvalue weighted by Gasteiger charge is -2.33. The smallest absolute Gasteiger partial charge is 0.265 e. The largest absolute Gasteiger partial charge is 0.482 e. The number of nitrogens with two attached hydrogens (primary N) is 1. The van der Waals surface area contributed by atoms with Crippen molar-refractivity contribution in [2.24, 2.45) is 0 Å². The monoisotopic (exact) mass is 374 g/mol. The van der Waals surface area contributed by atoms with E-state index in [-0.39, 0.29) is 30.5 Å². The van der Waals surface area contributed by atoms with Crippen LogP contribution in [0.25, 0.3) is 0 Å². The summed E-state index contributed by atoms with van der Waals surface area (Å²) in [7, 11) is 0. The minimum Gasteiger partial charge on any atom is -0.482 e. The number of nitrogen functional groups attached to an aromatic ring is 1. The predicted molar refractivity (Wildman–Crippen MR) is 103 cm³/mol. The highest BCUT2D eigenvalue weighted by molar-refractivity contribution is 5.85. The number of halogens is 1. The SMILES string of the molecule is CC1Oc2ccccc2OC1C(=O)NC1CCCc2cc(N)ccc21.Cl. The molecule has 1 aliphatic heterocycles. The Kier molecular flexibility index (Phi) is 5.28. The number of anilines is 1. The zero-order valence-corrected chi connectivity index (χ0v) is 15.4. The third kappa shape index (κ3) is 3.44. The Balaban J connectivity index is 0.00000196. The number of nitrogens with one attached hydrogen (secondary N) is 1. The molecular formula is C20H23ClN2O3. The van der Waals surface area contributed by atoms with Gasteiger partial charge in [0.1, 0.15) is 6.10 Å². The fourth-order valence-corrected chi connectivity index (χ4v) is 3.64. The second kappa shape index (κ2) is 7.46. The molecule has 3 N–H and O–H groups in total. The number of hydrogen-bond acceptors (Lipinski definition) is 4. The first-order chi connectivity index (χ1) is 12.1. The van der Waals surface area contributed by atoms with E-state index in [1.807, 2.05) is 49.4 Å². The molecular weight excluding hydrogens is 352 g/mol. The fourth-order valence-electron chi connectivity index (χ4n) is 3.64.